The number of hydrogen-bond donors (Lipinski definition) is 1. The molecule has 4 nitrogen and oxygen atoms in total. The first-order valence-corrected chi connectivity index (χ1v) is 7.89. The summed E-state index contributed by atoms with van der Waals surface area (Å²) in [6.07, 6.45) is 2.17. The molecule has 1 amide bonds. The van der Waals surface area contributed by atoms with Crippen LogP contribution in [0, 0.1) is 0 Å². The Morgan fingerprint density at radius 2 is 1.96 bits per heavy atom. The van der Waals surface area contributed by atoms with Crippen LogP contribution < -0.4 is 14.8 Å². The summed E-state index contributed by atoms with van der Waals surface area (Å²) in [6.45, 7) is 1.32. The van der Waals surface area contributed by atoms with Gasteiger partial charge in [0, 0.05) is 19.4 Å². The van der Waals surface area contributed by atoms with Gasteiger partial charge in [-0.15, -0.1) is 0 Å². The van der Waals surface area contributed by atoms with E-state index in [2.05, 4.69) is 11.4 Å². The van der Waals surface area contributed by atoms with Crippen LogP contribution in [0.4, 0.5) is 0 Å². The fourth-order valence-electron chi connectivity index (χ4n) is 2.69. The molecule has 23 heavy (non-hydrogen) atoms. The van der Waals surface area contributed by atoms with Gasteiger partial charge in [0.15, 0.2) is 0 Å². The first-order chi connectivity index (χ1) is 11.2. The number of nitrogens with one attached hydrogen (secondary N) is 1. The van der Waals surface area contributed by atoms with Crippen molar-refractivity contribution in [1.82, 2.24) is 5.32 Å². The highest BCUT2D eigenvalue weighted by atomic mass is 16.5. The van der Waals surface area contributed by atoms with Crippen molar-refractivity contribution in [2.24, 2.45) is 0 Å². The van der Waals surface area contributed by atoms with E-state index >= 15 is 0 Å². The SMILES string of the molecule is COc1ccc(CCC(=O)NCc2ccc3c(c2)CCO3)cc1. The molecule has 3 rings (SSSR count). The third-order valence-electron chi connectivity index (χ3n) is 4.04. The Bertz CT molecular complexity index is 680. The highest BCUT2D eigenvalue weighted by Gasteiger charge is 2.12. The minimum absolute atomic E-state index is 0.0672. The second kappa shape index (κ2) is 7.18. The predicted octanol–water partition coefficient (Wildman–Crippen LogP) is 2.88. The molecule has 1 aliphatic heterocycles. The lowest BCUT2D eigenvalue weighted by molar-refractivity contribution is -0.121. The summed E-state index contributed by atoms with van der Waals surface area (Å²) in [5.41, 5.74) is 3.48. The molecule has 120 valence electrons. The molecule has 0 aromatic heterocycles. The van der Waals surface area contributed by atoms with Crippen molar-refractivity contribution >= 4 is 5.91 Å². The van der Waals surface area contributed by atoms with E-state index in [0.29, 0.717) is 13.0 Å². The van der Waals surface area contributed by atoms with Gasteiger partial charge in [-0.25, -0.2) is 0 Å². The van der Waals surface area contributed by atoms with Crippen molar-refractivity contribution in [2.75, 3.05) is 13.7 Å². The number of amides is 1. The Morgan fingerprint density at radius 1 is 1.17 bits per heavy atom. The molecule has 0 saturated carbocycles. The van der Waals surface area contributed by atoms with Gasteiger partial charge >= 0.3 is 0 Å². The molecule has 0 aliphatic carbocycles. The third-order valence-corrected chi connectivity index (χ3v) is 4.04. The van der Waals surface area contributed by atoms with Crippen LogP contribution >= 0.6 is 0 Å². The van der Waals surface area contributed by atoms with E-state index in [9.17, 15) is 4.79 Å². The highest BCUT2D eigenvalue weighted by Crippen LogP contribution is 2.25. The number of fused-ring (bicyclic) bond motifs is 1. The molecule has 0 spiro atoms. The largest absolute Gasteiger partial charge is 0.497 e. The van der Waals surface area contributed by atoms with E-state index in [0.717, 1.165) is 42.1 Å². The maximum Gasteiger partial charge on any atom is 0.220 e. The number of methoxy groups -OCH3 is 1. The summed E-state index contributed by atoms with van der Waals surface area (Å²) in [7, 11) is 1.65. The summed E-state index contributed by atoms with van der Waals surface area (Å²) in [5.74, 6) is 1.87. The van der Waals surface area contributed by atoms with Crippen molar-refractivity contribution in [3.05, 3.63) is 59.2 Å². The molecule has 2 aromatic rings. The van der Waals surface area contributed by atoms with Gasteiger partial charge in [0.05, 0.1) is 13.7 Å². The van der Waals surface area contributed by atoms with E-state index in [1.165, 1.54) is 5.56 Å². The van der Waals surface area contributed by atoms with Crippen molar-refractivity contribution in [3.63, 3.8) is 0 Å². The molecule has 4 heteroatoms. The highest BCUT2D eigenvalue weighted by molar-refractivity contribution is 5.76. The maximum atomic E-state index is 12.0. The lowest BCUT2D eigenvalue weighted by atomic mass is 10.1. The van der Waals surface area contributed by atoms with Crippen LogP contribution in [0.1, 0.15) is 23.1 Å². The number of hydrogen-bond acceptors (Lipinski definition) is 3. The average Bonchev–Trinajstić information content (AvgIpc) is 3.06. The second-order valence-corrected chi connectivity index (χ2v) is 5.67. The second-order valence-electron chi connectivity index (χ2n) is 5.67. The summed E-state index contributed by atoms with van der Waals surface area (Å²) in [5, 5.41) is 2.98. The van der Waals surface area contributed by atoms with E-state index < -0.39 is 0 Å². The van der Waals surface area contributed by atoms with Gasteiger partial charge in [-0.3, -0.25) is 4.79 Å². The normalized spacial score (nSPS) is 12.4. The van der Waals surface area contributed by atoms with Crippen molar-refractivity contribution in [3.8, 4) is 11.5 Å². The molecule has 1 heterocycles. The fraction of sp³-hybridized carbons (Fsp3) is 0.316. The molecule has 1 N–H and O–H groups in total. The Hall–Kier alpha value is -2.49. The van der Waals surface area contributed by atoms with E-state index in [1.807, 2.05) is 36.4 Å². The van der Waals surface area contributed by atoms with Crippen LogP contribution in [-0.2, 0) is 24.2 Å². The first kappa shape index (κ1) is 15.4. The van der Waals surface area contributed by atoms with Crippen LogP contribution in [0.3, 0.4) is 0 Å². The molecular weight excluding hydrogens is 290 g/mol. The fourth-order valence-corrected chi connectivity index (χ4v) is 2.69. The zero-order valence-corrected chi connectivity index (χ0v) is 13.3. The van der Waals surface area contributed by atoms with Crippen molar-refractivity contribution < 1.29 is 14.3 Å². The van der Waals surface area contributed by atoms with Gasteiger partial charge in [-0.05, 0) is 41.3 Å². The summed E-state index contributed by atoms with van der Waals surface area (Å²) in [6, 6.07) is 13.9. The van der Waals surface area contributed by atoms with Crippen LogP contribution in [0.2, 0.25) is 0 Å². The zero-order valence-electron chi connectivity index (χ0n) is 13.3. The van der Waals surface area contributed by atoms with Crippen LogP contribution in [-0.4, -0.2) is 19.6 Å². The van der Waals surface area contributed by atoms with Gasteiger partial charge in [-0.2, -0.15) is 0 Å². The molecule has 0 radical (unpaired) electrons. The molecule has 1 aliphatic rings. The van der Waals surface area contributed by atoms with E-state index in [-0.39, 0.29) is 5.91 Å². The van der Waals surface area contributed by atoms with Gasteiger partial charge in [0.25, 0.3) is 0 Å². The van der Waals surface area contributed by atoms with Crippen LogP contribution in [0.15, 0.2) is 42.5 Å². The minimum Gasteiger partial charge on any atom is -0.497 e. The summed E-state index contributed by atoms with van der Waals surface area (Å²) < 4.78 is 10.6. The van der Waals surface area contributed by atoms with Gasteiger partial charge in [-0.1, -0.05) is 24.3 Å². The number of aryl methyl sites for hydroxylation is 1. The lowest BCUT2D eigenvalue weighted by Gasteiger charge is -2.07. The van der Waals surface area contributed by atoms with Gasteiger partial charge in [0.1, 0.15) is 11.5 Å². The van der Waals surface area contributed by atoms with E-state index in [4.69, 9.17) is 9.47 Å². The van der Waals surface area contributed by atoms with Gasteiger partial charge < -0.3 is 14.8 Å². The number of rotatable bonds is 6. The molecule has 0 unspecified atom stereocenters. The third kappa shape index (κ3) is 4.03. The van der Waals surface area contributed by atoms with Crippen LogP contribution in [0.5, 0.6) is 11.5 Å². The van der Waals surface area contributed by atoms with Crippen molar-refractivity contribution in [1.29, 1.82) is 0 Å². The van der Waals surface area contributed by atoms with E-state index in [1.54, 1.807) is 7.11 Å². The Balaban J connectivity index is 1.45. The molecule has 0 saturated heterocycles. The maximum absolute atomic E-state index is 12.0. The number of carbonyl (C=O) groups is 1. The van der Waals surface area contributed by atoms with Gasteiger partial charge in [0.2, 0.25) is 5.91 Å². The average molecular weight is 311 g/mol. The predicted molar refractivity (Wildman–Crippen MR) is 88.8 cm³/mol. The number of ether oxygens (including phenoxy) is 2. The summed E-state index contributed by atoms with van der Waals surface area (Å²) >= 11 is 0. The molecule has 0 fully saturated rings. The Morgan fingerprint density at radius 3 is 2.74 bits per heavy atom. The quantitative estimate of drug-likeness (QED) is 0.892. The van der Waals surface area contributed by atoms with Crippen LogP contribution in [0.25, 0.3) is 0 Å². The monoisotopic (exact) mass is 311 g/mol. The van der Waals surface area contributed by atoms with Crippen molar-refractivity contribution in [2.45, 2.75) is 25.8 Å². The minimum atomic E-state index is 0.0672. The molecular formula is C19H21NO3. The smallest absolute Gasteiger partial charge is 0.220 e. The lowest BCUT2D eigenvalue weighted by Crippen LogP contribution is -2.23. The topological polar surface area (TPSA) is 47.6 Å². The first-order valence-electron chi connectivity index (χ1n) is 7.89. The Kier molecular flexibility index (Phi) is 4.81. The number of carbonyl (C=O) groups excluding carboxylic acids is 1. The molecule has 0 bridgehead atoms. The standard InChI is InChI=1S/C19H21NO3/c1-22-17-6-2-14(3-7-17)5-9-19(21)20-13-15-4-8-18-16(12-15)10-11-23-18/h2-4,6-8,12H,5,9-11,13H2,1H3,(H,20,21). The zero-order chi connectivity index (χ0) is 16.1. The summed E-state index contributed by atoms with van der Waals surface area (Å²) in [4.78, 5) is 12.0. The Labute approximate surface area is 136 Å². The number of benzene rings is 2. The molecule has 2 aromatic carbocycles. The molecule has 0 atom stereocenters.